The van der Waals surface area contributed by atoms with Crippen LogP contribution in [-0.2, 0) is 0 Å². The summed E-state index contributed by atoms with van der Waals surface area (Å²) in [6.07, 6.45) is 3.51. The van der Waals surface area contributed by atoms with Gasteiger partial charge in [0.15, 0.2) is 0 Å². The fourth-order valence-corrected chi connectivity index (χ4v) is 1.18. The lowest BCUT2D eigenvalue weighted by Gasteiger charge is -2.41. The highest BCUT2D eigenvalue weighted by molar-refractivity contribution is 4.50. The minimum atomic E-state index is 0. The number of nitrogens with zero attached hydrogens (tertiary/aromatic N) is 1. The second-order valence-electron chi connectivity index (χ2n) is 2.80. The molecule has 0 aromatic rings. The van der Waals surface area contributed by atoms with Crippen molar-refractivity contribution in [1.29, 1.82) is 0 Å². The zero-order valence-corrected chi connectivity index (χ0v) is 5.39. The molecular formula is C6H13NO. The second kappa shape index (κ2) is 2.03. The van der Waals surface area contributed by atoms with Crippen LogP contribution in [0.15, 0.2) is 0 Å². The number of hydrogen-bond acceptors (Lipinski definition) is 1. The highest BCUT2D eigenvalue weighted by Crippen LogP contribution is 2.13. The lowest BCUT2D eigenvalue weighted by Crippen LogP contribution is -2.41. The molecule has 1 aliphatic rings. The molecule has 48 valence electrons. The SMILES string of the molecule is C[N+]1([O-])CCCCC1. The van der Waals surface area contributed by atoms with E-state index in [1.165, 1.54) is 6.42 Å². The number of rotatable bonds is 0. The summed E-state index contributed by atoms with van der Waals surface area (Å²) in [7, 11) is 1.76. The van der Waals surface area contributed by atoms with Crippen LogP contribution < -0.4 is 0 Å². The first-order chi connectivity index (χ1) is 3.71. The van der Waals surface area contributed by atoms with E-state index in [4.69, 9.17) is 0 Å². The zero-order valence-electron chi connectivity index (χ0n) is 5.39. The van der Waals surface area contributed by atoms with Gasteiger partial charge in [0, 0.05) is 0 Å². The van der Waals surface area contributed by atoms with E-state index in [9.17, 15) is 5.21 Å². The van der Waals surface area contributed by atoms with Gasteiger partial charge < -0.3 is 9.85 Å². The molecule has 0 aromatic heterocycles. The summed E-state index contributed by atoms with van der Waals surface area (Å²) in [5.41, 5.74) is 0. The van der Waals surface area contributed by atoms with Crippen LogP contribution in [0.1, 0.15) is 19.3 Å². The summed E-state index contributed by atoms with van der Waals surface area (Å²) in [5, 5.41) is 11.1. The van der Waals surface area contributed by atoms with Crippen LogP contribution in [0.3, 0.4) is 0 Å². The van der Waals surface area contributed by atoms with E-state index in [0.717, 1.165) is 25.9 Å². The summed E-state index contributed by atoms with van der Waals surface area (Å²) in [4.78, 5) is 0. The van der Waals surface area contributed by atoms with Crippen LogP contribution in [0.4, 0.5) is 0 Å². The third-order valence-electron chi connectivity index (χ3n) is 1.76. The minimum absolute atomic E-state index is 0. The van der Waals surface area contributed by atoms with Gasteiger partial charge in [0.1, 0.15) is 0 Å². The van der Waals surface area contributed by atoms with E-state index >= 15 is 0 Å². The minimum Gasteiger partial charge on any atom is -0.633 e. The Balaban J connectivity index is 2.33. The molecule has 0 amide bonds. The van der Waals surface area contributed by atoms with Crippen molar-refractivity contribution in [2.45, 2.75) is 19.3 Å². The van der Waals surface area contributed by atoms with Crippen molar-refractivity contribution in [3.8, 4) is 0 Å². The molecule has 0 spiro atoms. The molecule has 0 atom stereocenters. The number of quaternary nitrogens is 1. The van der Waals surface area contributed by atoms with E-state index in [2.05, 4.69) is 0 Å². The largest absolute Gasteiger partial charge is 0.633 e. The zero-order chi connectivity index (χ0) is 6.04. The van der Waals surface area contributed by atoms with E-state index in [-0.39, 0.29) is 4.65 Å². The summed E-state index contributed by atoms with van der Waals surface area (Å²) in [5.74, 6) is 0. The van der Waals surface area contributed by atoms with Crippen molar-refractivity contribution in [3.05, 3.63) is 5.21 Å². The molecule has 0 N–H and O–H groups in total. The summed E-state index contributed by atoms with van der Waals surface area (Å²) in [6.45, 7) is 1.67. The molecule has 0 unspecified atom stereocenters. The van der Waals surface area contributed by atoms with Crippen molar-refractivity contribution in [3.63, 3.8) is 0 Å². The predicted molar refractivity (Wildman–Crippen MR) is 33.1 cm³/mol. The van der Waals surface area contributed by atoms with E-state index in [1.54, 1.807) is 7.05 Å². The Morgan fingerprint density at radius 1 is 1.12 bits per heavy atom. The molecular weight excluding hydrogens is 102 g/mol. The van der Waals surface area contributed by atoms with Gasteiger partial charge in [0.05, 0.1) is 20.1 Å². The smallest absolute Gasteiger partial charge is 0.0781 e. The van der Waals surface area contributed by atoms with E-state index in [1.807, 2.05) is 0 Å². The van der Waals surface area contributed by atoms with Crippen LogP contribution in [-0.4, -0.2) is 24.8 Å². The molecule has 0 saturated carbocycles. The quantitative estimate of drug-likeness (QED) is 0.342. The Hall–Kier alpha value is -0.0800. The van der Waals surface area contributed by atoms with Crippen LogP contribution in [0.5, 0.6) is 0 Å². The van der Waals surface area contributed by atoms with Crippen molar-refractivity contribution in [1.82, 2.24) is 0 Å². The van der Waals surface area contributed by atoms with Crippen molar-refractivity contribution in [2.75, 3.05) is 20.1 Å². The van der Waals surface area contributed by atoms with E-state index in [0.29, 0.717) is 0 Å². The molecule has 1 rings (SSSR count). The average Bonchev–Trinajstić information content (AvgIpc) is 1.65. The first-order valence-electron chi connectivity index (χ1n) is 3.26. The highest BCUT2D eigenvalue weighted by Gasteiger charge is 2.13. The van der Waals surface area contributed by atoms with Gasteiger partial charge in [0.2, 0.25) is 0 Å². The van der Waals surface area contributed by atoms with Gasteiger partial charge in [0.25, 0.3) is 0 Å². The predicted octanol–water partition coefficient (Wildman–Crippen LogP) is 1.11. The van der Waals surface area contributed by atoms with Crippen LogP contribution in [0.2, 0.25) is 0 Å². The van der Waals surface area contributed by atoms with Crippen LogP contribution in [0.25, 0.3) is 0 Å². The topological polar surface area (TPSA) is 23.1 Å². The first kappa shape index (κ1) is 6.05. The maximum Gasteiger partial charge on any atom is 0.0781 e. The average molecular weight is 115 g/mol. The van der Waals surface area contributed by atoms with Gasteiger partial charge in [-0.05, 0) is 19.3 Å². The number of hydrogen-bond donors (Lipinski definition) is 0. The highest BCUT2D eigenvalue weighted by atomic mass is 16.5. The van der Waals surface area contributed by atoms with Gasteiger partial charge >= 0.3 is 0 Å². The molecule has 1 fully saturated rings. The van der Waals surface area contributed by atoms with Gasteiger partial charge in [-0.3, -0.25) is 0 Å². The van der Waals surface area contributed by atoms with Crippen molar-refractivity contribution in [2.24, 2.45) is 0 Å². The number of likely N-dealkylation sites (tertiary alicyclic amines) is 1. The second-order valence-corrected chi connectivity index (χ2v) is 2.80. The maximum atomic E-state index is 11.1. The maximum absolute atomic E-state index is 11.1. The Morgan fingerprint density at radius 3 is 1.88 bits per heavy atom. The molecule has 2 heteroatoms. The van der Waals surface area contributed by atoms with Gasteiger partial charge in [-0.15, -0.1) is 0 Å². The normalized spacial score (nSPS) is 27.8. The standard InChI is InChI=1S/C6H13NO/c1-7(8)5-3-2-4-6-7/h2-6H2,1H3. The molecule has 2 nitrogen and oxygen atoms in total. The summed E-state index contributed by atoms with van der Waals surface area (Å²) in [6, 6.07) is 0. The lowest BCUT2D eigenvalue weighted by atomic mass is 10.1. The Bertz CT molecular complexity index is 72.6. The lowest BCUT2D eigenvalue weighted by molar-refractivity contribution is -0.865. The number of hydroxylamine groups is 3. The molecule has 1 heterocycles. The summed E-state index contributed by atoms with van der Waals surface area (Å²) < 4.78 is 0. The fourth-order valence-electron chi connectivity index (χ4n) is 1.18. The van der Waals surface area contributed by atoms with Crippen LogP contribution >= 0.6 is 0 Å². The fraction of sp³-hybridized carbons (Fsp3) is 1.00. The molecule has 0 aliphatic carbocycles. The molecule has 0 radical (unpaired) electrons. The van der Waals surface area contributed by atoms with Gasteiger partial charge in [-0.2, -0.15) is 0 Å². The van der Waals surface area contributed by atoms with Gasteiger partial charge in [-0.25, -0.2) is 0 Å². The molecule has 0 aromatic carbocycles. The molecule has 1 aliphatic heterocycles. The molecule has 0 bridgehead atoms. The monoisotopic (exact) mass is 115 g/mol. The van der Waals surface area contributed by atoms with E-state index < -0.39 is 0 Å². The van der Waals surface area contributed by atoms with Crippen LogP contribution in [0, 0.1) is 5.21 Å². The molecule has 8 heavy (non-hydrogen) atoms. The molecule has 1 saturated heterocycles. The third kappa shape index (κ3) is 1.46. The van der Waals surface area contributed by atoms with Crippen molar-refractivity contribution < 1.29 is 4.65 Å². The van der Waals surface area contributed by atoms with Crippen molar-refractivity contribution >= 4 is 0 Å². The van der Waals surface area contributed by atoms with Gasteiger partial charge in [-0.1, -0.05) is 0 Å². The first-order valence-corrected chi connectivity index (χ1v) is 3.26. The Labute approximate surface area is 50.3 Å². The Morgan fingerprint density at radius 2 is 1.62 bits per heavy atom. The summed E-state index contributed by atoms with van der Waals surface area (Å²) >= 11 is 0. The Kier molecular flexibility index (Phi) is 1.54. The third-order valence-corrected chi connectivity index (χ3v) is 1.76. The number of piperidine rings is 1.